The van der Waals surface area contributed by atoms with Crippen LogP contribution in [-0.4, -0.2) is 12.6 Å². The molecule has 0 bridgehead atoms. The van der Waals surface area contributed by atoms with Crippen molar-refractivity contribution in [2.45, 2.75) is 20.8 Å². The van der Waals surface area contributed by atoms with E-state index in [1.807, 2.05) is 26.0 Å². The van der Waals surface area contributed by atoms with Gasteiger partial charge in [0.2, 0.25) is 0 Å². The molecule has 0 atom stereocenters. The summed E-state index contributed by atoms with van der Waals surface area (Å²) < 4.78 is 5.05. The van der Waals surface area contributed by atoms with E-state index in [1.165, 1.54) is 0 Å². The molecule has 17 heavy (non-hydrogen) atoms. The Bertz CT molecular complexity index is 418. The highest BCUT2D eigenvalue weighted by Gasteiger charge is 2.32. The molecule has 0 radical (unpaired) electrons. The van der Waals surface area contributed by atoms with E-state index < -0.39 is 5.41 Å². The smallest absolute Gasteiger partial charge is 0.315 e. The van der Waals surface area contributed by atoms with E-state index in [0.717, 1.165) is 11.1 Å². The maximum atomic E-state index is 11.8. The highest BCUT2D eigenvalue weighted by atomic mass is 35.5. The number of hydrogen-bond donors (Lipinski definition) is 0. The summed E-state index contributed by atoms with van der Waals surface area (Å²) in [5.74, 6) is -0.264. The number of hydrogen-bond acceptors (Lipinski definition) is 2. The van der Waals surface area contributed by atoms with Gasteiger partial charge in [-0.2, -0.15) is 0 Å². The van der Waals surface area contributed by atoms with Gasteiger partial charge in [-0.1, -0.05) is 30.3 Å². The molecule has 0 saturated heterocycles. The lowest BCUT2D eigenvalue weighted by Crippen LogP contribution is -2.27. The summed E-state index contributed by atoms with van der Waals surface area (Å²) in [4.78, 5) is 11.8. The van der Waals surface area contributed by atoms with Gasteiger partial charge in [-0.05, 0) is 44.0 Å². The van der Waals surface area contributed by atoms with Crippen LogP contribution in [0.3, 0.4) is 0 Å². The zero-order valence-corrected chi connectivity index (χ0v) is 11.2. The van der Waals surface area contributed by atoms with Gasteiger partial charge in [0.25, 0.3) is 0 Å². The minimum Gasteiger partial charge on any atom is -0.465 e. The van der Waals surface area contributed by atoms with Crippen molar-refractivity contribution in [1.29, 1.82) is 0 Å². The van der Waals surface area contributed by atoms with Crippen LogP contribution in [0.1, 0.15) is 26.3 Å². The molecule has 1 rings (SSSR count). The van der Waals surface area contributed by atoms with Gasteiger partial charge in [0.15, 0.2) is 0 Å². The van der Waals surface area contributed by atoms with E-state index in [9.17, 15) is 4.79 Å². The number of esters is 1. The average molecular weight is 253 g/mol. The summed E-state index contributed by atoms with van der Waals surface area (Å²) in [6.07, 6.45) is 0. The van der Waals surface area contributed by atoms with Crippen molar-refractivity contribution < 1.29 is 9.53 Å². The number of carbonyl (C=O) groups excluding carboxylic acids is 1. The molecule has 0 aliphatic rings. The lowest BCUT2D eigenvalue weighted by Gasteiger charge is -2.25. The molecule has 0 heterocycles. The summed E-state index contributed by atoms with van der Waals surface area (Å²) >= 11 is 5.82. The zero-order valence-electron chi connectivity index (χ0n) is 10.4. The van der Waals surface area contributed by atoms with Gasteiger partial charge < -0.3 is 4.74 Å². The van der Waals surface area contributed by atoms with Gasteiger partial charge in [0.05, 0.1) is 12.0 Å². The van der Waals surface area contributed by atoms with Gasteiger partial charge >= 0.3 is 5.97 Å². The fourth-order valence-corrected chi connectivity index (χ4v) is 1.57. The summed E-state index contributed by atoms with van der Waals surface area (Å²) in [6, 6.07) is 7.27. The fraction of sp³-hybridized carbons (Fsp3) is 0.357. The molecule has 1 aromatic carbocycles. The number of halogens is 1. The molecule has 1 aromatic rings. The van der Waals surface area contributed by atoms with Crippen molar-refractivity contribution in [1.82, 2.24) is 0 Å². The molecule has 2 nitrogen and oxygen atoms in total. The molecule has 92 valence electrons. The van der Waals surface area contributed by atoms with Crippen LogP contribution in [0.25, 0.3) is 5.57 Å². The Hall–Kier alpha value is -1.28. The third-order valence-electron chi connectivity index (χ3n) is 2.73. The van der Waals surface area contributed by atoms with E-state index >= 15 is 0 Å². The first kappa shape index (κ1) is 13.8. The van der Waals surface area contributed by atoms with Crippen molar-refractivity contribution in [3.05, 3.63) is 41.4 Å². The minimum absolute atomic E-state index is 0.264. The molecule has 0 aliphatic heterocycles. The Kier molecular flexibility index (Phi) is 4.35. The van der Waals surface area contributed by atoms with Crippen LogP contribution in [-0.2, 0) is 9.53 Å². The maximum Gasteiger partial charge on any atom is 0.315 e. The predicted octanol–water partition coefficient (Wildman–Crippen LogP) is 3.94. The Morgan fingerprint density at radius 3 is 2.35 bits per heavy atom. The normalized spacial score (nSPS) is 11.1. The lowest BCUT2D eigenvalue weighted by atomic mass is 9.81. The summed E-state index contributed by atoms with van der Waals surface area (Å²) in [5, 5.41) is 0.662. The van der Waals surface area contributed by atoms with Gasteiger partial charge in [0.1, 0.15) is 0 Å². The predicted molar refractivity (Wildman–Crippen MR) is 70.9 cm³/mol. The molecule has 0 saturated carbocycles. The number of rotatable bonds is 4. The van der Waals surface area contributed by atoms with Crippen LogP contribution in [0, 0.1) is 5.41 Å². The van der Waals surface area contributed by atoms with Crippen LogP contribution in [0.2, 0.25) is 5.02 Å². The van der Waals surface area contributed by atoms with Crippen LogP contribution in [0.4, 0.5) is 0 Å². The minimum atomic E-state index is -0.732. The van der Waals surface area contributed by atoms with Crippen LogP contribution in [0.5, 0.6) is 0 Å². The second-order valence-corrected chi connectivity index (χ2v) is 4.77. The van der Waals surface area contributed by atoms with Crippen LogP contribution >= 0.6 is 11.6 Å². The zero-order chi connectivity index (χ0) is 13.1. The van der Waals surface area contributed by atoms with Gasteiger partial charge in [0, 0.05) is 5.02 Å². The van der Waals surface area contributed by atoms with Gasteiger partial charge in [-0.3, -0.25) is 4.79 Å². The van der Waals surface area contributed by atoms with Gasteiger partial charge in [-0.25, -0.2) is 0 Å². The monoisotopic (exact) mass is 252 g/mol. The first-order valence-corrected chi connectivity index (χ1v) is 5.90. The third-order valence-corrected chi connectivity index (χ3v) is 2.98. The fourth-order valence-electron chi connectivity index (χ4n) is 1.45. The average Bonchev–Trinajstić information content (AvgIpc) is 2.29. The quantitative estimate of drug-likeness (QED) is 0.759. The Morgan fingerprint density at radius 1 is 1.35 bits per heavy atom. The van der Waals surface area contributed by atoms with E-state index in [0.29, 0.717) is 11.6 Å². The number of ether oxygens (including phenoxy) is 1. The number of benzene rings is 1. The largest absolute Gasteiger partial charge is 0.465 e. The van der Waals surface area contributed by atoms with Gasteiger partial charge in [-0.15, -0.1) is 0 Å². The molecule has 0 unspecified atom stereocenters. The first-order valence-electron chi connectivity index (χ1n) is 5.52. The first-order chi connectivity index (χ1) is 7.89. The van der Waals surface area contributed by atoms with Crippen molar-refractivity contribution in [2.75, 3.05) is 6.61 Å². The van der Waals surface area contributed by atoms with Crippen molar-refractivity contribution >= 4 is 23.1 Å². The maximum absolute atomic E-state index is 11.8. The molecule has 3 heteroatoms. The molecule has 0 spiro atoms. The van der Waals surface area contributed by atoms with Crippen molar-refractivity contribution in [3.63, 3.8) is 0 Å². The van der Waals surface area contributed by atoms with E-state index in [4.69, 9.17) is 16.3 Å². The molecular formula is C14H17ClO2. The molecular weight excluding hydrogens is 236 g/mol. The molecule has 0 N–H and O–H groups in total. The topological polar surface area (TPSA) is 26.3 Å². The summed E-state index contributed by atoms with van der Waals surface area (Å²) in [6.45, 7) is 9.76. The second kappa shape index (κ2) is 5.37. The Labute approximate surface area is 107 Å². The lowest BCUT2D eigenvalue weighted by molar-refractivity contribution is -0.150. The summed E-state index contributed by atoms with van der Waals surface area (Å²) in [7, 11) is 0. The van der Waals surface area contributed by atoms with Crippen LogP contribution < -0.4 is 0 Å². The van der Waals surface area contributed by atoms with E-state index in [2.05, 4.69) is 6.58 Å². The van der Waals surface area contributed by atoms with Crippen LogP contribution in [0.15, 0.2) is 30.8 Å². The Balaban J connectivity index is 2.95. The highest BCUT2D eigenvalue weighted by Crippen LogP contribution is 2.34. The third kappa shape index (κ3) is 3.10. The van der Waals surface area contributed by atoms with E-state index in [1.54, 1.807) is 19.1 Å². The molecule has 0 aromatic heterocycles. The summed E-state index contributed by atoms with van der Waals surface area (Å²) in [5.41, 5.74) is 0.893. The molecule has 0 fully saturated rings. The second-order valence-electron chi connectivity index (χ2n) is 4.33. The van der Waals surface area contributed by atoms with E-state index in [-0.39, 0.29) is 5.97 Å². The van der Waals surface area contributed by atoms with Crippen molar-refractivity contribution in [3.8, 4) is 0 Å². The molecule has 0 amide bonds. The molecule has 0 aliphatic carbocycles. The highest BCUT2D eigenvalue weighted by molar-refractivity contribution is 6.30. The Morgan fingerprint density at radius 2 is 1.88 bits per heavy atom. The number of carbonyl (C=O) groups is 1. The van der Waals surface area contributed by atoms with Crippen molar-refractivity contribution in [2.24, 2.45) is 5.41 Å². The SMILES string of the molecule is C=C(c1ccc(Cl)cc1)C(C)(C)C(=O)OCC. The standard InChI is InChI=1S/C14H17ClO2/c1-5-17-13(16)14(3,4)10(2)11-6-8-12(15)9-7-11/h6-9H,2,5H2,1,3-4H3.